The highest BCUT2D eigenvalue weighted by Crippen LogP contribution is 1.86. The molecule has 0 aliphatic heterocycles. The van der Waals surface area contributed by atoms with E-state index in [1.807, 2.05) is 0 Å². The Kier molecular flexibility index (Phi) is 5.61. The molecule has 15 heavy (non-hydrogen) atoms. The van der Waals surface area contributed by atoms with Crippen molar-refractivity contribution in [2.45, 2.75) is 19.9 Å². The Bertz CT molecular complexity index is 270. The number of carbonyl (C=O) groups excluding carboxylic acids is 2. The van der Waals surface area contributed by atoms with Crippen LogP contribution in [0.4, 0.5) is 0 Å². The van der Waals surface area contributed by atoms with Crippen molar-refractivity contribution in [1.29, 1.82) is 0 Å². The van der Waals surface area contributed by atoms with Gasteiger partial charge >= 0.3 is 5.97 Å². The van der Waals surface area contributed by atoms with Crippen LogP contribution in [0.25, 0.3) is 0 Å². The summed E-state index contributed by atoms with van der Waals surface area (Å²) in [5.74, 6) is -0.616. The second-order valence-electron chi connectivity index (χ2n) is 2.91. The van der Waals surface area contributed by atoms with Crippen molar-refractivity contribution < 1.29 is 14.3 Å². The van der Waals surface area contributed by atoms with Crippen molar-refractivity contribution in [3.63, 3.8) is 0 Å². The highest BCUT2D eigenvalue weighted by molar-refractivity contribution is 7.80. The van der Waals surface area contributed by atoms with Gasteiger partial charge in [0.2, 0.25) is 5.91 Å². The smallest absolute Gasteiger partial charge is 0.328 e. The highest BCUT2D eigenvalue weighted by Gasteiger charge is 2.14. The second-order valence-corrected chi connectivity index (χ2v) is 3.32. The first-order chi connectivity index (χ1) is 6.88. The lowest BCUT2D eigenvalue weighted by atomic mass is 10.3. The van der Waals surface area contributed by atoms with Crippen LogP contribution >= 0.6 is 12.2 Å². The predicted molar refractivity (Wildman–Crippen MR) is 58.8 cm³/mol. The zero-order valence-electron chi connectivity index (χ0n) is 9.16. The Hall–Kier alpha value is -1.37. The van der Waals surface area contributed by atoms with E-state index in [2.05, 4.69) is 15.5 Å². The number of amides is 1. The minimum atomic E-state index is -0.560. The maximum atomic E-state index is 11.0. The number of rotatable bonds is 2. The molecule has 0 saturated carbocycles. The summed E-state index contributed by atoms with van der Waals surface area (Å²) >= 11 is 4.87. The third-order valence-electron chi connectivity index (χ3n) is 1.64. The van der Waals surface area contributed by atoms with E-state index < -0.39 is 12.0 Å². The van der Waals surface area contributed by atoms with Gasteiger partial charge in [0.25, 0.3) is 0 Å². The molecule has 0 spiro atoms. The Morgan fingerprint density at radius 1 is 1.47 bits per heavy atom. The van der Waals surface area contributed by atoms with Crippen molar-refractivity contribution in [1.82, 2.24) is 15.8 Å². The third kappa shape index (κ3) is 5.16. The molecule has 1 unspecified atom stereocenters. The number of thiocarbonyl (C=S) groups is 1. The van der Waals surface area contributed by atoms with Gasteiger partial charge in [-0.2, -0.15) is 0 Å². The molecule has 0 fully saturated rings. The van der Waals surface area contributed by atoms with Gasteiger partial charge in [-0.1, -0.05) is 0 Å². The molecule has 0 heterocycles. The second kappa shape index (κ2) is 6.18. The van der Waals surface area contributed by atoms with E-state index in [0.717, 1.165) is 0 Å². The molecular weight excluding hydrogens is 218 g/mol. The maximum absolute atomic E-state index is 11.0. The lowest BCUT2D eigenvalue weighted by Gasteiger charge is -2.20. The molecule has 0 aromatic heterocycles. The molecule has 0 saturated heterocycles. The normalized spacial score (nSPS) is 11.2. The van der Waals surface area contributed by atoms with Crippen molar-refractivity contribution in [2.75, 3.05) is 14.2 Å². The van der Waals surface area contributed by atoms with E-state index >= 15 is 0 Å². The number of esters is 1. The standard InChI is InChI=1S/C8H15N3O3S/c1-5(7(13)14-4)9-8(15)10-11(3)6(2)12/h5H,1-4H3,(H2,9,10,15). The fourth-order valence-corrected chi connectivity index (χ4v) is 1.01. The number of nitrogens with one attached hydrogen (secondary N) is 2. The average Bonchev–Trinajstić information content (AvgIpc) is 2.15. The first-order valence-corrected chi connectivity index (χ1v) is 4.68. The van der Waals surface area contributed by atoms with E-state index in [4.69, 9.17) is 12.2 Å². The van der Waals surface area contributed by atoms with E-state index in [1.54, 1.807) is 6.92 Å². The molecule has 6 nitrogen and oxygen atoms in total. The van der Waals surface area contributed by atoms with Gasteiger partial charge in [0.1, 0.15) is 6.04 Å². The highest BCUT2D eigenvalue weighted by atomic mass is 32.1. The number of nitrogens with zero attached hydrogens (tertiary/aromatic N) is 1. The number of methoxy groups -OCH3 is 1. The summed E-state index contributed by atoms with van der Waals surface area (Å²) in [6, 6.07) is -0.560. The van der Waals surface area contributed by atoms with Crippen LogP contribution in [0.1, 0.15) is 13.8 Å². The summed E-state index contributed by atoms with van der Waals surface area (Å²) in [4.78, 5) is 21.9. The number of hydrazine groups is 1. The Morgan fingerprint density at radius 3 is 2.40 bits per heavy atom. The Balaban J connectivity index is 4.04. The van der Waals surface area contributed by atoms with Gasteiger partial charge in [0, 0.05) is 14.0 Å². The van der Waals surface area contributed by atoms with Crippen LogP contribution in [-0.2, 0) is 14.3 Å². The van der Waals surface area contributed by atoms with Crippen molar-refractivity contribution >= 4 is 29.2 Å². The van der Waals surface area contributed by atoms with Gasteiger partial charge in [-0.3, -0.25) is 15.2 Å². The largest absolute Gasteiger partial charge is 0.467 e. The molecule has 0 rings (SSSR count). The van der Waals surface area contributed by atoms with Gasteiger partial charge in [-0.15, -0.1) is 0 Å². The van der Waals surface area contributed by atoms with Crippen LogP contribution < -0.4 is 10.7 Å². The van der Waals surface area contributed by atoms with Gasteiger partial charge in [-0.05, 0) is 19.1 Å². The molecule has 0 aromatic carbocycles. The van der Waals surface area contributed by atoms with Crippen LogP contribution in [0.15, 0.2) is 0 Å². The van der Waals surface area contributed by atoms with Crippen LogP contribution in [-0.4, -0.2) is 42.2 Å². The summed E-state index contributed by atoms with van der Waals surface area (Å²) < 4.78 is 4.50. The van der Waals surface area contributed by atoms with Crippen molar-refractivity contribution in [2.24, 2.45) is 0 Å². The van der Waals surface area contributed by atoms with Crippen molar-refractivity contribution in [3.8, 4) is 0 Å². The maximum Gasteiger partial charge on any atom is 0.328 e. The zero-order valence-corrected chi connectivity index (χ0v) is 9.97. The minimum Gasteiger partial charge on any atom is -0.467 e. The Labute approximate surface area is 93.9 Å². The van der Waals surface area contributed by atoms with Crippen LogP contribution in [0.5, 0.6) is 0 Å². The molecule has 0 aliphatic rings. The molecule has 7 heteroatoms. The van der Waals surface area contributed by atoms with Gasteiger partial charge in [-0.25, -0.2) is 4.79 Å². The fraction of sp³-hybridized carbons (Fsp3) is 0.625. The fourth-order valence-electron chi connectivity index (χ4n) is 0.696. The summed E-state index contributed by atoms with van der Waals surface area (Å²) in [5.41, 5.74) is 2.59. The topological polar surface area (TPSA) is 70.7 Å². The van der Waals surface area contributed by atoms with Crippen LogP contribution in [0.3, 0.4) is 0 Å². The SMILES string of the molecule is COC(=O)C(C)NC(=S)NN(C)C(C)=O. The van der Waals surface area contributed by atoms with Crippen molar-refractivity contribution in [3.05, 3.63) is 0 Å². The molecule has 0 radical (unpaired) electrons. The summed E-state index contributed by atoms with van der Waals surface area (Å²) in [7, 11) is 2.82. The van der Waals surface area contributed by atoms with E-state index in [-0.39, 0.29) is 11.0 Å². The lowest BCUT2D eigenvalue weighted by Crippen LogP contribution is -2.51. The predicted octanol–water partition coefficient (Wildman–Crippen LogP) is -0.595. The first-order valence-electron chi connectivity index (χ1n) is 4.27. The number of hydrogen-bond acceptors (Lipinski definition) is 4. The molecule has 0 bridgehead atoms. The minimum absolute atomic E-state index is 0.186. The van der Waals surface area contributed by atoms with E-state index in [1.165, 1.54) is 26.1 Å². The molecule has 86 valence electrons. The Morgan fingerprint density at radius 2 is 2.00 bits per heavy atom. The quantitative estimate of drug-likeness (QED) is 0.377. The molecule has 0 aromatic rings. The molecule has 1 amide bonds. The number of ether oxygens (including phenoxy) is 1. The van der Waals surface area contributed by atoms with Crippen LogP contribution in [0.2, 0.25) is 0 Å². The van der Waals surface area contributed by atoms with Gasteiger partial charge in [0.05, 0.1) is 7.11 Å². The first kappa shape index (κ1) is 13.6. The summed E-state index contributed by atoms with van der Waals surface area (Å²) in [5, 5.41) is 4.06. The average molecular weight is 233 g/mol. The third-order valence-corrected chi connectivity index (χ3v) is 1.85. The summed E-state index contributed by atoms with van der Waals surface area (Å²) in [6.07, 6.45) is 0. The molecule has 1 atom stereocenters. The van der Waals surface area contributed by atoms with Gasteiger partial charge in [0.15, 0.2) is 5.11 Å². The monoisotopic (exact) mass is 233 g/mol. The van der Waals surface area contributed by atoms with Gasteiger partial charge < -0.3 is 10.1 Å². The molecule has 0 aliphatic carbocycles. The van der Waals surface area contributed by atoms with E-state index in [0.29, 0.717) is 0 Å². The number of carbonyl (C=O) groups is 2. The molecule has 2 N–H and O–H groups in total. The lowest BCUT2D eigenvalue weighted by molar-refractivity contribution is -0.142. The summed E-state index contributed by atoms with van der Waals surface area (Å²) in [6.45, 7) is 2.99. The van der Waals surface area contributed by atoms with Crippen LogP contribution in [0, 0.1) is 0 Å². The number of hydrogen-bond donors (Lipinski definition) is 2. The molecular formula is C8H15N3O3S. The van der Waals surface area contributed by atoms with E-state index in [9.17, 15) is 9.59 Å². The zero-order chi connectivity index (χ0) is 12.0.